The average Bonchev–Trinajstić information content (AvgIpc) is 2.73. The quantitative estimate of drug-likeness (QED) is 0.920. The molecule has 2 aromatic rings. The smallest absolute Gasteiger partial charge is 0.265 e. The molecule has 0 aliphatic rings. The third kappa shape index (κ3) is 3.48. The molecule has 0 spiro atoms. The number of nitrogen functional groups attached to an aromatic ring is 1. The highest BCUT2D eigenvalue weighted by Gasteiger charge is 2.21. The minimum atomic E-state index is -3.12. The van der Waals surface area contributed by atoms with Gasteiger partial charge in [0.1, 0.15) is 14.7 Å². The number of benzene rings is 1. The number of carbonyl (C=O) groups excluding carboxylic acids is 1. The first-order chi connectivity index (χ1) is 9.70. The second kappa shape index (κ2) is 5.82. The van der Waals surface area contributed by atoms with Crippen LogP contribution in [-0.4, -0.2) is 44.8 Å². The molecule has 0 aliphatic heterocycles. The first-order valence-electron chi connectivity index (χ1n) is 6.10. The van der Waals surface area contributed by atoms with Crippen LogP contribution in [0.2, 0.25) is 5.02 Å². The zero-order chi connectivity index (χ0) is 15.8. The number of amides is 1. The lowest BCUT2D eigenvalue weighted by Crippen LogP contribution is -2.31. The first-order valence-corrected chi connectivity index (χ1v) is 9.36. The molecule has 2 N–H and O–H groups in total. The number of hydrogen-bond acceptors (Lipinski definition) is 5. The maximum Gasteiger partial charge on any atom is 0.265 e. The third-order valence-electron chi connectivity index (χ3n) is 3.04. The van der Waals surface area contributed by atoms with E-state index in [4.69, 9.17) is 17.3 Å². The summed E-state index contributed by atoms with van der Waals surface area (Å²) in [5.41, 5.74) is 6.36. The molecule has 0 saturated heterocycles. The number of anilines is 1. The van der Waals surface area contributed by atoms with Gasteiger partial charge >= 0.3 is 0 Å². The van der Waals surface area contributed by atoms with Gasteiger partial charge in [-0.15, -0.1) is 11.3 Å². The van der Waals surface area contributed by atoms with Crippen molar-refractivity contribution < 1.29 is 13.2 Å². The summed E-state index contributed by atoms with van der Waals surface area (Å²) >= 11 is 7.36. The Morgan fingerprint density at radius 3 is 2.67 bits per heavy atom. The Labute approximate surface area is 132 Å². The van der Waals surface area contributed by atoms with E-state index in [1.807, 2.05) is 6.07 Å². The van der Waals surface area contributed by atoms with E-state index in [1.54, 1.807) is 19.2 Å². The number of carbonyl (C=O) groups is 1. The summed E-state index contributed by atoms with van der Waals surface area (Å²) in [6.07, 6.45) is 1.14. The molecule has 0 fully saturated rings. The number of halogens is 1. The van der Waals surface area contributed by atoms with Crippen molar-refractivity contribution in [2.75, 3.05) is 31.3 Å². The molecule has 0 radical (unpaired) electrons. The molecule has 2 rings (SSSR count). The maximum atomic E-state index is 12.4. The Bertz CT molecular complexity index is 799. The Kier molecular flexibility index (Phi) is 4.46. The average molecular weight is 347 g/mol. The number of thiophene rings is 1. The monoisotopic (exact) mass is 346 g/mol. The van der Waals surface area contributed by atoms with Gasteiger partial charge in [-0.3, -0.25) is 4.79 Å². The van der Waals surface area contributed by atoms with Crippen molar-refractivity contribution in [1.82, 2.24) is 4.90 Å². The van der Waals surface area contributed by atoms with Gasteiger partial charge in [0.15, 0.2) is 0 Å². The van der Waals surface area contributed by atoms with E-state index in [0.29, 0.717) is 21.0 Å². The summed E-state index contributed by atoms with van der Waals surface area (Å²) in [5.74, 6) is -0.380. The fraction of sp³-hybridized carbons (Fsp3) is 0.308. The standard InChI is InChI=1S/C13H15ClN2O3S2/c1-16(6-7-21(2,18)19)13(17)12-11(15)10-8(14)4-3-5-9(10)20-12/h3-5H,6-7,15H2,1-2H3. The normalized spacial score (nSPS) is 11.8. The summed E-state index contributed by atoms with van der Waals surface area (Å²) < 4.78 is 23.2. The van der Waals surface area contributed by atoms with E-state index in [2.05, 4.69) is 0 Å². The third-order valence-corrected chi connectivity index (χ3v) is 5.44. The van der Waals surface area contributed by atoms with E-state index in [1.165, 1.54) is 16.2 Å². The highest BCUT2D eigenvalue weighted by molar-refractivity contribution is 7.90. The lowest BCUT2D eigenvalue weighted by atomic mass is 10.2. The van der Waals surface area contributed by atoms with Gasteiger partial charge in [-0.1, -0.05) is 17.7 Å². The summed E-state index contributed by atoms with van der Waals surface area (Å²) in [7, 11) is -1.56. The van der Waals surface area contributed by atoms with Crippen molar-refractivity contribution in [3.8, 4) is 0 Å². The van der Waals surface area contributed by atoms with Gasteiger partial charge in [-0.2, -0.15) is 0 Å². The lowest BCUT2D eigenvalue weighted by Gasteiger charge is -2.15. The predicted molar refractivity (Wildman–Crippen MR) is 87.9 cm³/mol. The Balaban J connectivity index is 2.31. The highest BCUT2D eigenvalue weighted by Crippen LogP contribution is 2.38. The van der Waals surface area contributed by atoms with Gasteiger partial charge in [0, 0.05) is 29.9 Å². The van der Waals surface area contributed by atoms with Crippen molar-refractivity contribution in [3.63, 3.8) is 0 Å². The van der Waals surface area contributed by atoms with Crippen molar-refractivity contribution in [2.24, 2.45) is 0 Å². The Hall–Kier alpha value is -1.31. The lowest BCUT2D eigenvalue weighted by molar-refractivity contribution is 0.0809. The van der Waals surface area contributed by atoms with Crippen molar-refractivity contribution in [3.05, 3.63) is 28.1 Å². The van der Waals surface area contributed by atoms with Crippen molar-refractivity contribution in [2.45, 2.75) is 0 Å². The van der Waals surface area contributed by atoms with Crippen LogP contribution >= 0.6 is 22.9 Å². The molecule has 21 heavy (non-hydrogen) atoms. The van der Waals surface area contributed by atoms with Crippen LogP contribution < -0.4 is 5.73 Å². The zero-order valence-corrected chi connectivity index (χ0v) is 14.0. The summed E-state index contributed by atoms with van der Waals surface area (Å²) in [4.78, 5) is 14.1. The number of rotatable bonds is 4. The SMILES string of the molecule is CN(CCS(C)(=O)=O)C(=O)c1sc2cccc(Cl)c2c1N. The van der Waals surface area contributed by atoms with Crippen LogP contribution in [0.4, 0.5) is 5.69 Å². The number of fused-ring (bicyclic) bond motifs is 1. The molecular formula is C13H15ClN2O3S2. The van der Waals surface area contributed by atoms with E-state index < -0.39 is 9.84 Å². The molecule has 0 aliphatic carbocycles. The molecular weight excluding hydrogens is 332 g/mol. The van der Waals surface area contributed by atoms with Crippen molar-refractivity contribution in [1.29, 1.82) is 0 Å². The predicted octanol–water partition coefficient (Wildman–Crippen LogP) is 2.25. The minimum absolute atomic E-state index is 0.0825. The van der Waals surface area contributed by atoms with Gasteiger partial charge in [0.25, 0.3) is 5.91 Å². The fourth-order valence-corrected chi connectivity index (χ4v) is 3.95. The summed E-state index contributed by atoms with van der Waals surface area (Å²) in [6, 6.07) is 5.35. The number of nitrogens with two attached hydrogens (primary N) is 1. The maximum absolute atomic E-state index is 12.4. The molecule has 1 amide bonds. The molecule has 1 heterocycles. The van der Waals surface area contributed by atoms with Crippen LogP contribution in [0, 0.1) is 0 Å². The van der Waals surface area contributed by atoms with Gasteiger partial charge < -0.3 is 10.6 Å². The molecule has 0 unspecified atom stereocenters. The second-order valence-corrected chi connectivity index (χ2v) is 8.53. The van der Waals surface area contributed by atoms with E-state index in [-0.39, 0.29) is 18.2 Å². The van der Waals surface area contributed by atoms with Crippen LogP contribution in [0.15, 0.2) is 18.2 Å². The van der Waals surface area contributed by atoms with Gasteiger partial charge in [-0.25, -0.2) is 8.42 Å². The molecule has 114 valence electrons. The number of sulfone groups is 1. The number of nitrogens with zero attached hydrogens (tertiary/aromatic N) is 1. The summed E-state index contributed by atoms with van der Waals surface area (Å²) in [6.45, 7) is 0.124. The summed E-state index contributed by atoms with van der Waals surface area (Å²) in [5, 5.41) is 1.17. The van der Waals surface area contributed by atoms with E-state index in [9.17, 15) is 13.2 Å². The first kappa shape index (κ1) is 16.1. The molecule has 8 heteroatoms. The van der Waals surface area contributed by atoms with Crippen LogP contribution in [-0.2, 0) is 9.84 Å². The Morgan fingerprint density at radius 1 is 1.43 bits per heavy atom. The van der Waals surface area contributed by atoms with Gasteiger partial charge in [0.05, 0.1) is 16.5 Å². The largest absolute Gasteiger partial charge is 0.397 e. The second-order valence-electron chi connectivity index (χ2n) is 4.81. The van der Waals surface area contributed by atoms with E-state index in [0.717, 1.165) is 11.0 Å². The molecule has 0 atom stereocenters. The Morgan fingerprint density at radius 2 is 2.10 bits per heavy atom. The number of hydrogen-bond donors (Lipinski definition) is 1. The van der Waals surface area contributed by atoms with E-state index >= 15 is 0 Å². The molecule has 5 nitrogen and oxygen atoms in total. The van der Waals surface area contributed by atoms with Gasteiger partial charge in [-0.05, 0) is 12.1 Å². The topological polar surface area (TPSA) is 80.5 Å². The molecule has 0 saturated carbocycles. The fourth-order valence-electron chi connectivity index (χ4n) is 1.87. The molecule has 1 aromatic heterocycles. The zero-order valence-electron chi connectivity index (χ0n) is 11.6. The minimum Gasteiger partial charge on any atom is -0.397 e. The highest BCUT2D eigenvalue weighted by atomic mass is 35.5. The van der Waals surface area contributed by atoms with Crippen LogP contribution in [0.5, 0.6) is 0 Å². The van der Waals surface area contributed by atoms with Crippen LogP contribution in [0.3, 0.4) is 0 Å². The van der Waals surface area contributed by atoms with Gasteiger partial charge in [0.2, 0.25) is 0 Å². The van der Waals surface area contributed by atoms with Crippen molar-refractivity contribution >= 4 is 54.5 Å². The van der Waals surface area contributed by atoms with Crippen LogP contribution in [0.1, 0.15) is 9.67 Å². The molecule has 0 bridgehead atoms. The molecule has 1 aromatic carbocycles. The van der Waals surface area contributed by atoms with Crippen LogP contribution in [0.25, 0.3) is 10.1 Å².